The summed E-state index contributed by atoms with van der Waals surface area (Å²) >= 11 is 0. The normalized spacial score (nSPS) is 14.7. The summed E-state index contributed by atoms with van der Waals surface area (Å²) < 4.78 is 34.1. The van der Waals surface area contributed by atoms with E-state index in [1.807, 2.05) is 0 Å². The lowest BCUT2D eigenvalue weighted by atomic mass is 10.4. The van der Waals surface area contributed by atoms with E-state index in [2.05, 4.69) is 0 Å². The molecule has 0 aromatic carbocycles. The Labute approximate surface area is 58.5 Å². The molecular formula is C4H6F2O3S. The Hall–Kier alpha value is -0.520. The third-order valence-electron chi connectivity index (χ3n) is 0.697. The Morgan fingerprint density at radius 3 is 2.20 bits per heavy atom. The van der Waals surface area contributed by atoms with Crippen LogP contribution in [0.5, 0.6) is 0 Å². The molecule has 0 aromatic heterocycles. The molecule has 0 aliphatic rings. The first-order chi connectivity index (χ1) is 4.36. The van der Waals surface area contributed by atoms with E-state index in [0.717, 1.165) is 6.26 Å². The van der Waals surface area contributed by atoms with Crippen LogP contribution in [0.15, 0.2) is 0 Å². The van der Waals surface area contributed by atoms with Crippen LogP contribution in [-0.4, -0.2) is 33.2 Å². The molecule has 0 rings (SSSR count). The molecule has 60 valence electrons. The van der Waals surface area contributed by atoms with Crippen LogP contribution in [0.1, 0.15) is 0 Å². The average molecular weight is 172 g/mol. The van der Waals surface area contributed by atoms with Crippen LogP contribution in [-0.2, 0) is 15.6 Å². The molecule has 10 heavy (non-hydrogen) atoms. The van der Waals surface area contributed by atoms with Crippen molar-refractivity contribution in [1.29, 1.82) is 0 Å². The predicted octanol–water partition coefficient (Wildman–Crippen LogP) is 0.0848. The fraction of sp³-hybridized carbons (Fsp3) is 0.750. The Morgan fingerprint density at radius 1 is 1.70 bits per heavy atom. The summed E-state index contributed by atoms with van der Waals surface area (Å²) in [5.74, 6) is -7.22. The van der Waals surface area contributed by atoms with Crippen LogP contribution < -0.4 is 0 Å². The minimum atomic E-state index is -3.86. The number of halogens is 2. The van der Waals surface area contributed by atoms with Gasteiger partial charge in [0, 0.05) is 17.1 Å². The highest BCUT2D eigenvalue weighted by molar-refractivity contribution is 7.84. The molecule has 0 saturated heterocycles. The Bertz CT molecular complexity index is 168. The summed E-state index contributed by atoms with van der Waals surface area (Å²) in [6.07, 6.45) is 1.02. The van der Waals surface area contributed by atoms with Crippen molar-refractivity contribution in [3.63, 3.8) is 0 Å². The number of hydrogen-bond acceptors (Lipinski definition) is 2. The van der Waals surface area contributed by atoms with Crippen molar-refractivity contribution in [3.05, 3.63) is 0 Å². The average Bonchev–Trinajstić information content (AvgIpc) is 1.60. The minimum absolute atomic E-state index is 1.02. The van der Waals surface area contributed by atoms with E-state index in [1.165, 1.54) is 0 Å². The molecule has 1 unspecified atom stereocenters. The molecular weight excluding hydrogens is 166 g/mol. The second-order valence-corrected chi connectivity index (χ2v) is 3.16. The molecule has 0 heterocycles. The zero-order chi connectivity index (χ0) is 8.36. The standard InChI is InChI=1S/C4H6F2O3S/c1-10(9)2-4(5,6)3(7)8/h2H2,1H3,(H,7,8). The van der Waals surface area contributed by atoms with E-state index in [1.54, 1.807) is 0 Å². The second kappa shape index (κ2) is 3.05. The van der Waals surface area contributed by atoms with Crippen molar-refractivity contribution >= 4 is 16.8 Å². The molecule has 1 atom stereocenters. The van der Waals surface area contributed by atoms with Crippen molar-refractivity contribution in [2.45, 2.75) is 5.92 Å². The molecule has 3 nitrogen and oxygen atoms in total. The topological polar surface area (TPSA) is 54.4 Å². The first kappa shape index (κ1) is 9.48. The van der Waals surface area contributed by atoms with Gasteiger partial charge in [-0.25, -0.2) is 4.79 Å². The highest BCUT2D eigenvalue weighted by atomic mass is 32.2. The summed E-state index contributed by atoms with van der Waals surface area (Å²) in [5.41, 5.74) is 0. The maximum absolute atomic E-state index is 12.0. The molecule has 0 aliphatic heterocycles. The third-order valence-corrected chi connectivity index (χ3v) is 1.47. The maximum Gasteiger partial charge on any atom is 0.375 e. The summed E-state index contributed by atoms with van der Waals surface area (Å²) in [5, 5.41) is 7.81. The molecule has 0 aromatic rings. The zero-order valence-corrected chi connectivity index (χ0v) is 5.95. The van der Waals surface area contributed by atoms with Crippen LogP contribution >= 0.6 is 0 Å². The fourth-order valence-electron chi connectivity index (χ4n) is 0.317. The van der Waals surface area contributed by atoms with E-state index in [9.17, 15) is 17.8 Å². The molecule has 0 spiro atoms. The van der Waals surface area contributed by atoms with Crippen LogP contribution in [0.25, 0.3) is 0 Å². The van der Waals surface area contributed by atoms with Gasteiger partial charge in [0.05, 0.1) is 5.75 Å². The lowest BCUT2D eigenvalue weighted by Gasteiger charge is -2.07. The van der Waals surface area contributed by atoms with E-state index >= 15 is 0 Å². The van der Waals surface area contributed by atoms with Gasteiger partial charge in [0.1, 0.15) is 0 Å². The first-order valence-electron chi connectivity index (χ1n) is 2.27. The molecule has 0 aliphatic carbocycles. The zero-order valence-electron chi connectivity index (χ0n) is 5.13. The minimum Gasteiger partial charge on any atom is -0.477 e. The second-order valence-electron chi connectivity index (χ2n) is 1.73. The highest BCUT2D eigenvalue weighted by Crippen LogP contribution is 2.13. The number of hydrogen-bond donors (Lipinski definition) is 1. The van der Waals surface area contributed by atoms with Gasteiger partial charge in [0.15, 0.2) is 0 Å². The fourth-order valence-corrected chi connectivity index (χ4v) is 0.951. The quantitative estimate of drug-likeness (QED) is 0.656. The molecule has 0 radical (unpaired) electrons. The van der Waals surface area contributed by atoms with Crippen molar-refractivity contribution in [2.24, 2.45) is 0 Å². The summed E-state index contributed by atoms with van der Waals surface area (Å²) in [6, 6.07) is 0. The lowest BCUT2D eigenvalue weighted by molar-refractivity contribution is -0.161. The van der Waals surface area contributed by atoms with Gasteiger partial charge in [0.25, 0.3) is 0 Å². The maximum atomic E-state index is 12.0. The van der Waals surface area contributed by atoms with Gasteiger partial charge in [-0.15, -0.1) is 0 Å². The van der Waals surface area contributed by atoms with Gasteiger partial charge in [-0.2, -0.15) is 8.78 Å². The Balaban J connectivity index is 4.13. The van der Waals surface area contributed by atoms with Crippen LogP contribution in [0.4, 0.5) is 8.78 Å². The number of carboxylic acids is 1. The van der Waals surface area contributed by atoms with Gasteiger partial charge in [-0.05, 0) is 0 Å². The SMILES string of the molecule is CS(=O)CC(F)(F)C(=O)O. The summed E-state index contributed by atoms with van der Waals surface area (Å²) in [4.78, 5) is 9.67. The smallest absolute Gasteiger partial charge is 0.375 e. The van der Waals surface area contributed by atoms with Crippen LogP contribution in [0.2, 0.25) is 0 Å². The van der Waals surface area contributed by atoms with Gasteiger partial charge >= 0.3 is 11.9 Å². The van der Waals surface area contributed by atoms with Crippen molar-refractivity contribution < 1.29 is 22.9 Å². The van der Waals surface area contributed by atoms with Crippen molar-refractivity contribution in [3.8, 4) is 0 Å². The summed E-state index contributed by atoms with van der Waals surface area (Å²) in [7, 11) is -1.79. The molecule has 1 N–H and O–H groups in total. The number of rotatable bonds is 3. The number of alkyl halides is 2. The lowest BCUT2D eigenvalue weighted by Crippen LogP contribution is -2.34. The van der Waals surface area contributed by atoms with Crippen molar-refractivity contribution in [2.75, 3.05) is 12.0 Å². The molecule has 0 bridgehead atoms. The van der Waals surface area contributed by atoms with Gasteiger partial charge < -0.3 is 5.11 Å². The Morgan fingerprint density at radius 2 is 2.10 bits per heavy atom. The van der Waals surface area contributed by atoms with E-state index in [4.69, 9.17) is 5.11 Å². The molecule has 0 fully saturated rings. The van der Waals surface area contributed by atoms with E-state index < -0.39 is 28.4 Å². The van der Waals surface area contributed by atoms with Crippen LogP contribution in [0, 0.1) is 0 Å². The highest BCUT2D eigenvalue weighted by Gasteiger charge is 2.39. The summed E-state index contributed by atoms with van der Waals surface area (Å²) in [6.45, 7) is 0. The molecule has 0 amide bonds. The van der Waals surface area contributed by atoms with Crippen molar-refractivity contribution in [1.82, 2.24) is 0 Å². The van der Waals surface area contributed by atoms with E-state index in [0.29, 0.717) is 0 Å². The van der Waals surface area contributed by atoms with Crippen LogP contribution in [0.3, 0.4) is 0 Å². The van der Waals surface area contributed by atoms with E-state index in [-0.39, 0.29) is 0 Å². The first-order valence-corrected chi connectivity index (χ1v) is 4.00. The monoisotopic (exact) mass is 172 g/mol. The molecule has 6 heteroatoms. The van der Waals surface area contributed by atoms with Gasteiger partial charge in [0.2, 0.25) is 0 Å². The molecule has 0 saturated carbocycles. The largest absolute Gasteiger partial charge is 0.477 e. The Kier molecular flexibility index (Phi) is 2.89. The number of carbonyl (C=O) groups is 1. The number of aliphatic carboxylic acids is 1. The number of carboxylic acid groups (broad SMARTS) is 1. The van der Waals surface area contributed by atoms with Gasteiger partial charge in [-0.1, -0.05) is 0 Å². The van der Waals surface area contributed by atoms with Gasteiger partial charge in [-0.3, -0.25) is 4.21 Å². The predicted molar refractivity (Wildman–Crippen MR) is 31.5 cm³/mol. The third kappa shape index (κ3) is 2.86.